The lowest BCUT2D eigenvalue weighted by molar-refractivity contribution is -0.123. The van der Waals surface area contributed by atoms with Crippen molar-refractivity contribution in [3.63, 3.8) is 0 Å². The van der Waals surface area contributed by atoms with Crippen LogP contribution in [-0.4, -0.2) is 49.5 Å². The zero-order valence-corrected chi connectivity index (χ0v) is 16.9. The van der Waals surface area contributed by atoms with Crippen LogP contribution in [-0.2, 0) is 4.79 Å². The monoisotopic (exact) mass is 377 g/mol. The van der Waals surface area contributed by atoms with E-state index in [4.69, 9.17) is 14.2 Å². The lowest BCUT2D eigenvalue weighted by Gasteiger charge is -2.31. The lowest BCUT2D eigenvalue weighted by atomic mass is 9.91. The van der Waals surface area contributed by atoms with Crippen molar-refractivity contribution < 1.29 is 23.8 Å². The molecule has 0 N–H and O–H groups in total. The van der Waals surface area contributed by atoms with Gasteiger partial charge in [-0.2, -0.15) is 0 Å². The van der Waals surface area contributed by atoms with Gasteiger partial charge in [0.2, 0.25) is 5.75 Å². The van der Waals surface area contributed by atoms with Crippen LogP contribution >= 0.6 is 0 Å². The summed E-state index contributed by atoms with van der Waals surface area (Å²) in [6.45, 7) is 10.2. The average molecular weight is 377 g/mol. The van der Waals surface area contributed by atoms with Crippen molar-refractivity contribution in [3.8, 4) is 17.2 Å². The van der Waals surface area contributed by atoms with E-state index < -0.39 is 0 Å². The standard InChI is InChI=1S/C21H31NO5/c1-5-17(23)15-9-11-22(12-10-15)21(24)16-13-18(25-6-2)20(27-8-4)19(14-16)26-7-3/h13-15H,5-12H2,1-4H3. The molecule has 1 aliphatic heterocycles. The summed E-state index contributed by atoms with van der Waals surface area (Å²) in [5.41, 5.74) is 0.519. The Bertz CT molecular complexity index is 623. The first kappa shape index (κ1) is 21.1. The van der Waals surface area contributed by atoms with Gasteiger partial charge in [-0.25, -0.2) is 0 Å². The summed E-state index contributed by atoms with van der Waals surface area (Å²) in [6.07, 6.45) is 2.02. The summed E-state index contributed by atoms with van der Waals surface area (Å²) >= 11 is 0. The van der Waals surface area contributed by atoms with Crippen molar-refractivity contribution in [1.29, 1.82) is 0 Å². The molecule has 0 aromatic heterocycles. The fourth-order valence-electron chi connectivity index (χ4n) is 3.39. The fraction of sp³-hybridized carbons (Fsp3) is 0.619. The second-order valence-electron chi connectivity index (χ2n) is 6.49. The largest absolute Gasteiger partial charge is 0.490 e. The number of ether oxygens (including phenoxy) is 3. The molecular formula is C21H31NO5. The Morgan fingerprint density at radius 1 is 0.926 bits per heavy atom. The predicted octanol–water partition coefficient (Wildman–Crippen LogP) is 3.71. The van der Waals surface area contributed by atoms with E-state index in [1.165, 1.54) is 0 Å². The van der Waals surface area contributed by atoms with Crippen LogP contribution in [0.4, 0.5) is 0 Å². The van der Waals surface area contributed by atoms with Gasteiger partial charge in [-0.3, -0.25) is 9.59 Å². The van der Waals surface area contributed by atoms with E-state index in [0.29, 0.717) is 67.9 Å². The van der Waals surface area contributed by atoms with E-state index in [1.54, 1.807) is 17.0 Å². The SMILES string of the molecule is CCOc1cc(C(=O)N2CCC(C(=O)CC)CC2)cc(OCC)c1OCC. The van der Waals surface area contributed by atoms with Gasteiger partial charge in [-0.1, -0.05) is 6.92 Å². The Hall–Kier alpha value is -2.24. The predicted molar refractivity (Wildman–Crippen MR) is 104 cm³/mol. The number of hydrogen-bond acceptors (Lipinski definition) is 5. The maximum atomic E-state index is 13.0. The van der Waals surface area contributed by atoms with Crippen molar-refractivity contribution in [2.24, 2.45) is 5.92 Å². The van der Waals surface area contributed by atoms with Crippen molar-refractivity contribution in [3.05, 3.63) is 17.7 Å². The average Bonchev–Trinajstić information content (AvgIpc) is 2.69. The minimum Gasteiger partial charge on any atom is -0.490 e. The number of nitrogens with zero attached hydrogens (tertiary/aromatic N) is 1. The van der Waals surface area contributed by atoms with Gasteiger partial charge >= 0.3 is 0 Å². The Balaban J connectivity index is 2.23. The molecule has 0 unspecified atom stereocenters. The number of carbonyl (C=O) groups is 2. The molecule has 6 nitrogen and oxygen atoms in total. The third-order valence-corrected chi connectivity index (χ3v) is 4.74. The third-order valence-electron chi connectivity index (χ3n) is 4.74. The van der Waals surface area contributed by atoms with Crippen LogP contribution in [0.5, 0.6) is 17.2 Å². The molecule has 1 fully saturated rings. The number of rotatable bonds is 9. The zero-order valence-electron chi connectivity index (χ0n) is 16.9. The third kappa shape index (κ3) is 5.15. The molecule has 0 bridgehead atoms. The number of likely N-dealkylation sites (tertiary alicyclic amines) is 1. The van der Waals surface area contributed by atoms with E-state index in [0.717, 1.165) is 12.8 Å². The molecule has 1 heterocycles. The van der Waals surface area contributed by atoms with Gasteiger partial charge < -0.3 is 19.1 Å². The fourth-order valence-corrected chi connectivity index (χ4v) is 3.39. The highest BCUT2D eigenvalue weighted by Crippen LogP contribution is 2.39. The first-order valence-electron chi connectivity index (χ1n) is 9.93. The number of piperidine rings is 1. The maximum Gasteiger partial charge on any atom is 0.254 e. The summed E-state index contributed by atoms with van der Waals surface area (Å²) in [6, 6.07) is 3.45. The van der Waals surface area contributed by atoms with E-state index in [9.17, 15) is 9.59 Å². The van der Waals surface area contributed by atoms with Gasteiger partial charge in [0.15, 0.2) is 11.5 Å². The summed E-state index contributed by atoms with van der Waals surface area (Å²) in [5, 5.41) is 0. The van der Waals surface area contributed by atoms with Crippen molar-refractivity contribution in [1.82, 2.24) is 4.90 Å². The number of ketones is 1. The second kappa shape index (κ2) is 10.2. The van der Waals surface area contributed by atoms with Gasteiger partial charge in [-0.15, -0.1) is 0 Å². The van der Waals surface area contributed by atoms with E-state index >= 15 is 0 Å². The molecule has 1 amide bonds. The van der Waals surface area contributed by atoms with Crippen LogP contribution < -0.4 is 14.2 Å². The quantitative estimate of drug-likeness (QED) is 0.656. The molecule has 0 aliphatic carbocycles. The normalized spacial score (nSPS) is 14.7. The minimum absolute atomic E-state index is 0.0673. The highest BCUT2D eigenvalue weighted by Gasteiger charge is 2.28. The lowest BCUT2D eigenvalue weighted by Crippen LogP contribution is -2.40. The molecule has 1 aliphatic rings. The number of benzene rings is 1. The number of hydrogen-bond donors (Lipinski definition) is 0. The van der Waals surface area contributed by atoms with E-state index in [2.05, 4.69) is 0 Å². The first-order valence-corrected chi connectivity index (χ1v) is 9.93. The molecular weight excluding hydrogens is 346 g/mol. The molecule has 1 saturated heterocycles. The van der Waals surface area contributed by atoms with Crippen LogP contribution in [0, 0.1) is 5.92 Å². The van der Waals surface area contributed by atoms with Crippen LogP contribution in [0.1, 0.15) is 57.3 Å². The van der Waals surface area contributed by atoms with Crippen LogP contribution in [0.2, 0.25) is 0 Å². The number of amides is 1. The van der Waals surface area contributed by atoms with Gasteiger partial charge in [0.1, 0.15) is 5.78 Å². The summed E-state index contributed by atoms with van der Waals surface area (Å²) in [4.78, 5) is 26.7. The van der Waals surface area contributed by atoms with Crippen molar-refractivity contribution in [2.45, 2.75) is 47.0 Å². The van der Waals surface area contributed by atoms with Gasteiger partial charge in [0.05, 0.1) is 19.8 Å². The van der Waals surface area contributed by atoms with Crippen LogP contribution in [0.25, 0.3) is 0 Å². The molecule has 1 aromatic carbocycles. The first-order chi connectivity index (χ1) is 13.0. The Morgan fingerprint density at radius 3 is 1.89 bits per heavy atom. The number of carbonyl (C=O) groups excluding carboxylic acids is 2. The molecule has 0 radical (unpaired) electrons. The minimum atomic E-state index is -0.0673. The topological polar surface area (TPSA) is 65.1 Å². The molecule has 150 valence electrons. The summed E-state index contributed by atoms with van der Waals surface area (Å²) in [5.74, 6) is 1.87. The molecule has 1 aromatic rings. The summed E-state index contributed by atoms with van der Waals surface area (Å²) in [7, 11) is 0. The molecule has 0 saturated carbocycles. The molecule has 6 heteroatoms. The van der Waals surface area contributed by atoms with E-state index in [-0.39, 0.29) is 11.8 Å². The van der Waals surface area contributed by atoms with Gasteiger partial charge in [0, 0.05) is 31.0 Å². The highest BCUT2D eigenvalue weighted by atomic mass is 16.5. The van der Waals surface area contributed by atoms with Crippen molar-refractivity contribution >= 4 is 11.7 Å². The Labute approximate surface area is 161 Å². The van der Waals surface area contributed by atoms with Gasteiger partial charge in [0.25, 0.3) is 5.91 Å². The Morgan fingerprint density at radius 2 is 1.44 bits per heavy atom. The molecule has 27 heavy (non-hydrogen) atoms. The van der Waals surface area contributed by atoms with Crippen LogP contribution in [0.15, 0.2) is 12.1 Å². The van der Waals surface area contributed by atoms with E-state index in [1.807, 2.05) is 27.7 Å². The van der Waals surface area contributed by atoms with Gasteiger partial charge in [-0.05, 0) is 45.7 Å². The molecule has 0 atom stereocenters. The maximum absolute atomic E-state index is 13.0. The second-order valence-corrected chi connectivity index (χ2v) is 6.49. The molecule has 0 spiro atoms. The number of Topliss-reactive ketones (excluding diaryl/α,β-unsaturated/α-hetero) is 1. The van der Waals surface area contributed by atoms with Crippen molar-refractivity contribution in [2.75, 3.05) is 32.9 Å². The molecule has 2 rings (SSSR count). The smallest absolute Gasteiger partial charge is 0.254 e. The zero-order chi connectivity index (χ0) is 19.8. The summed E-state index contributed by atoms with van der Waals surface area (Å²) < 4.78 is 17.1. The highest BCUT2D eigenvalue weighted by molar-refractivity contribution is 5.96. The van der Waals surface area contributed by atoms with Crippen LogP contribution in [0.3, 0.4) is 0 Å². The Kier molecular flexibility index (Phi) is 7.95.